The van der Waals surface area contributed by atoms with Gasteiger partial charge in [-0.1, -0.05) is 41.4 Å². The van der Waals surface area contributed by atoms with Gasteiger partial charge in [-0.05, 0) is 18.2 Å². The number of hydrogen-bond acceptors (Lipinski definition) is 4. The lowest BCUT2D eigenvalue weighted by Crippen LogP contribution is -2.17. The highest BCUT2D eigenvalue weighted by Crippen LogP contribution is 2.41. The van der Waals surface area contributed by atoms with Gasteiger partial charge in [0.1, 0.15) is 10.8 Å². The van der Waals surface area contributed by atoms with Gasteiger partial charge in [0.2, 0.25) is 0 Å². The van der Waals surface area contributed by atoms with Crippen LogP contribution >= 0.6 is 23.2 Å². The maximum absolute atomic E-state index is 11.9. The number of carbonyl (C=O) groups excluding carboxylic acids is 1. The summed E-state index contributed by atoms with van der Waals surface area (Å²) in [5, 5.41) is 4.45. The summed E-state index contributed by atoms with van der Waals surface area (Å²) in [6.45, 7) is 0. The number of carbonyl (C=O) groups is 1. The molecule has 0 fully saturated rings. The molecular formula is C16H14Cl2N2O3. The van der Waals surface area contributed by atoms with Crippen molar-refractivity contribution >= 4 is 35.3 Å². The summed E-state index contributed by atoms with van der Waals surface area (Å²) >= 11 is 12.3. The SMILES string of the molecule is COc1c(Cl)cc(/C=N/NC(=O)c2ccccc2)c(OC)c1Cl. The van der Waals surface area contributed by atoms with E-state index in [1.54, 1.807) is 30.3 Å². The Hall–Kier alpha value is -2.24. The van der Waals surface area contributed by atoms with E-state index in [1.807, 2.05) is 6.07 Å². The maximum Gasteiger partial charge on any atom is 0.271 e. The van der Waals surface area contributed by atoms with Crippen LogP contribution in [-0.4, -0.2) is 26.3 Å². The van der Waals surface area contributed by atoms with E-state index in [0.29, 0.717) is 27.6 Å². The smallest absolute Gasteiger partial charge is 0.271 e. The molecule has 2 aromatic rings. The molecule has 0 saturated heterocycles. The van der Waals surface area contributed by atoms with E-state index in [-0.39, 0.29) is 10.9 Å². The summed E-state index contributed by atoms with van der Waals surface area (Å²) < 4.78 is 10.4. The normalized spacial score (nSPS) is 10.6. The van der Waals surface area contributed by atoms with Gasteiger partial charge in [0.25, 0.3) is 5.91 Å². The molecule has 0 aliphatic rings. The quantitative estimate of drug-likeness (QED) is 0.658. The number of methoxy groups -OCH3 is 2. The molecule has 0 unspecified atom stereocenters. The molecular weight excluding hydrogens is 339 g/mol. The number of rotatable bonds is 5. The molecule has 1 N–H and O–H groups in total. The minimum Gasteiger partial charge on any atom is -0.494 e. The molecule has 0 aromatic heterocycles. The fraction of sp³-hybridized carbons (Fsp3) is 0.125. The van der Waals surface area contributed by atoms with Crippen molar-refractivity contribution in [3.05, 3.63) is 57.6 Å². The maximum atomic E-state index is 11.9. The molecule has 1 amide bonds. The van der Waals surface area contributed by atoms with Crippen LogP contribution < -0.4 is 14.9 Å². The minimum absolute atomic E-state index is 0.235. The number of nitrogens with one attached hydrogen (secondary N) is 1. The van der Waals surface area contributed by atoms with Gasteiger partial charge >= 0.3 is 0 Å². The number of hydrazone groups is 1. The monoisotopic (exact) mass is 352 g/mol. The largest absolute Gasteiger partial charge is 0.494 e. The third-order valence-electron chi connectivity index (χ3n) is 2.97. The van der Waals surface area contributed by atoms with Gasteiger partial charge in [0.05, 0.1) is 25.5 Å². The average Bonchev–Trinajstić information content (AvgIpc) is 2.56. The summed E-state index contributed by atoms with van der Waals surface area (Å²) in [4.78, 5) is 11.9. The number of halogens is 2. The van der Waals surface area contributed by atoms with Gasteiger partial charge in [0.15, 0.2) is 5.75 Å². The first-order valence-electron chi connectivity index (χ1n) is 6.57. The van der Waals surface area contributed by atoms with E-state index in [9.17, 15) is 4.79 Å². The summed E-state index contributed by atoms with van der Waals surface area (Å²) in [6, 6.07) is 10.3. The fourth-order valence-electron chi connectivity index (χ4n) is 1.91. The molecule has 2 aromatic carbocycles. The Morgan fingerprint density at radius 1 is 1.13 bits per heavy atom. The Labute approximate surface area is 143 Å². The molecule has 0 aliphatic heterocycles. The van der Waals surface area contributed by atoms with Crippen LogP contribution in [0.1, 0.15) is 15.9 Å². The molecule has 23 heavy (non-hydrogen) atoms. The first-order valence-corrected chi connectivity index (χ1v) is 7.32. The lowest BCUT2D eigenvalue weighted by molar-refractivity contribution is 0.0955. The van der Waals surface area contributed by atoms with Gasteiger partial charge < -0.3 is 9.47 Å². The summed E-state index contributed by atoms with van der Waals surface area (Å²) in [7, 11) is 2.93. The molecule has 0 spiro atoms. The van der Waals surface area contributed by atoms with Crippen LogP contribution in [-0.2, 0) is 0 Å². The topological polar surface area (TPSA) is 59.9 Å². The minimum atomic E-state index is -0.327. The van der Waals surface area contributed by atoms with Crippen LogP contribution in [0.25, 0.3) is 0 Å². The van der Waals surface area contributed by atoms with Crippen molar-refractivity contribution in [3.63, 3.8) is 0 Å². The molecule has 2 rings (SSSR count). The Morgan fingerprint density at radius 3 is 2.39 bits per heavy atom. The van der Waals surface area contributed by atoms with Crippen LogP contribution in [0.4, 0.5) is 0 Å². The second kappa shape index (κ2) is 7.85. The number of hydrogen-bond donors (Lipinski definition) is 1. The Kier molecular flexibility index (Phi) is 5.84. The van der Waals surface area contributed by atoms with E-state index in [1.165, 1.54) is 20.4 Å². The van der Waals surface area contributed by atoms with Crippen molar-refractivity contribution in [1.82, 2.24) is 5.43 Å². The number of nitrogens with zero attached hydrogens (tertiary/aromatic N) is 1. The zero-order chi connectivity index (χ0) is 16.8. The highest BCUT2D eigenvalue weighted by molar-refractivity contribution is 6.38. The van der Waals surface area contributed by atoms with E-state index < -0.39 is 0 Å². The highest BCUT2D eigenvalue weighted by Gasteiger charge is 2.16. The molecule has 0 atom stereocenters. The van der Waals surface area contributed by atoms with E-state index in [0.717, 1.165) is 0 Å². The van der Waals surface area contributed by atoms with Gasteiger partial charge in [-0.15, -0.1) is 0 Å². The Balaban J connectivity index is 2.21. The van der Waals surface area contributed by atoms with Crippen LogP contribution in [0.2, 0.25) is 10.0 Å². The summed E-state index contributed by atoms with van der Waals surface area (Å²) in [6.07, 6.45) is 1.40. The lowest BCUT2D eigenvalue weighted by atomic mass is 10.2. The molecule has 0 radical (unpaired) electrons. The molecule has 0 aliphatic carbocycles. The van der Waals surface area contributed by atoms with Crippen LogP contribution in [0, 0.1) is 0 Å². The number of benzene rings is 2. The van der Waals surface area contributed by atoms with E-state index >= 15 is 0 Å². The third kappa shape index (κ3) is 3.94. The van der Waals surface area contributed by atoms with Gasteiger partial charge in [0, 0.05) is 11.1 Å². The second-order valence-electron chi connectivity index (χ2n) is 4.39. The molecule has 120 valence electrons. The predicted octanol–water partition coefficient (Wildman–Crippen LogP) is 3.77. The lowest BCUT2D eigenvalue weighted by Gasteiger charge is -2.12. The fourth-order valence-corrected chi connectivity index (χ4v) is 2.61. The Bertz CT molecular complexity index is 734. The summed E-state index contributed by atoms with van der Waals surface area (Å²) in [5.41, 5.74) is 3.44. The van der Waals surface area contributed by atoms with Gasteiger partial charge in [-0.3, -0.25) is 4.79 Å². The first kappa shape index (κ1) is 17.1. The van der Waals surface area contributed by atoms with E-state index in [2.05, 4.69) is 10.5 Å². The van der Waals surface area contributed by atoms with Crippen molar-refractivity contribution in [1.29, 1.82) is 0 Å². The molecule has 0 bridgehead atoms. The molecule has 0 saturated carbocycles. The van der Waals surface area contributed by atoms with Crippen molar-refractivity contribution in [2.24, 2.45) is 5.10 Å². The number of ether oxygens (including phenoxy) is 2. The van der Waals surface area contributed by atoms with Crippen molar-refractivity contribution < 1.29 is 14.3 Å². The van der Waals surface area contributed by atoms with Crippen molar-refractivity contribution in [2.45, 2.75) is 0 Å². The van der Waals surface area contributed by atoms with Gasteiger partial charge in [-0.25, -0.2) is 5.43 Å². The first-order chi connectivity index (χ1) is 11.1. The molecule has 7 heteroatoms. The number of amides is 1. The average molecular weight is 353 g/mol. The van der Waals surface area contributed by atoms with Crippen LogP contribution in [0.15, 0.2) is 41.5 Å². The second-order valence-corrected chi connectivity index (χ2v) is 5.18. The van der Waals surface area contributed by atoms with Crippen LogP contribution in [0.3, 0.4) is 0 Å². The van der Waals surface area contributed by atoms with Gasteiger partial charge in [-0.2, -0.15) is 5.10 Å². The third-order valence-corrected chi connectivity index (χ3v) is 3.60. The zero-order valence-electron chi connectivity index (χ0n) is 12.5. The van der Waals surface area contributed by atoms with Crippen molar-refractivity contribution in [3.8, 4) is 11.5 Å². The highest BCUT2D eigenvalue weighted by atomic mass is 35.5. The molecule has 5 nitrogen and oxygen atoms in total. The predicted molar refractivity (Wildman–Crippen MR) is 91.1 cm³/mol. The van der Waals surface area contributed by atoms with Crippen molar-refractivity contribution in [2.75, 3.05) is 14.2 Å². The summed E-state index contributed by atoms with van der Waals surface area (Å²) in [5.74, 6) is 0.341. The zero-order valence-corrected chi connectivity index (χ0v) is 14.0. The van der Waals surface area contributed by atoms with E-state index in [4.69, 9.17) is 32.7 Å². The molecule has 0 heterocycles. The Morgan fingerprint density at radius 2 is 1.78 bits per heavy atom. The van der Waals surface area contributed by atoms with Crippen LogP contribution in [0.5, 0.6) is 11.5 Å². The standard InChI is InChI=1S/C16H14Cl2N2O3/c1-22-14-11(8-12(17)15(23-2)13(14)18)9-19-20-16(21)10-6-4-3-5-7-10/h3-9H,1-2H3,(H,20,21)/b19-9+.